The van der Waals surface area contributed by atoms with Crippen LogP contribution in [0.2, 0.25) is 0 Å². The van der Waals surface area contributed by atoms with Crippen LogP contribution in [0.3, 0.4) is 0 Å². The minimum atomic E-state index is -0.609. The van der Waals surface area contributed by atoms with E-state index in [9.17, 15) is 13.6 Å². The summed E-state index contributed by atoms with van der Waals surface area (Å²) in [6.07, 6.45) is 3.38. The van der Waals surface area contributed by atoms with E-state index in [1.807, 2.05) is 18.2 Å². The fourth-order valence-electron chi connectivity index (χ4n) is 3.48. The van der Waals surface area contributed by atoms with Crippen LogP contribution in [-0.2, 0) is 16.6 Å². The number of nitrogens with one attached hydrogen (secondary N) is 1. The van der Waals surface area contributed by atoms with E-state index in [0.29, 0.717) is 22.2 Å². The maximum atomic E-state index is 13.9. The first-order chi connectivity index (χ1) is 14.0. The van der Waals surface area contributed by atoms with Gasteiger partial charge in [-0.05, 0) is 42.2 Å². The van der Waals surface area contributed by atoms with Crippen LogP contribution in [0.25, 0.3) is 0 Å². The second-order valence-corrected chi connectivity index (χ2v) is 8.26. The molecule has 0 bridgehead atoms. The molecule has 0 saturated heterocycles. The average molecular weight is 414 g/mol. The Kier molecular flexibility index (Phi) is 4.24. The highest BCUT2D eigenvalue weighted by Crippen LogP contribution is 2.51. The van der Waals surface area contributed by atoms with Gasteiger partial charge < -0.3 is 14.8 Å². The van der Waals surface area contributed by atoms with Crippen LogP contribution in [0.15, 0.2) is 42.6 Å². The summed E-state index contributed by atoms with van der Waals surface area (Å²) in [7, 11) is 0. The minimum Gasteiger partial charge on any atom is -0.454 e. The molecule has 8 heteroatoms. The van der Waals surface area contributed by atoms with Crippen molar-refractivity contribution >= 4 is 22.4 Å². The summed E-state index contributed by atoms with van der Waals surface area (Å²) >= 11 is 1.28. The number of aromatic nitrogens is 1. The second kappa shape index (κ2) is 6.81. The first kappa shape index (κ1) is 18.1. The number of amides is 1. The van der Waals surface area contributed by atoms with Crippen LogP contribution in [0.4, 0.5) is 13.9 Å². The number of thiazole rings is 1. The summed E-state index contributed by atoms with van der Waals surface area (Å²) in [5, 5.41) is 3.34. The van der Waals surface area contributed by atoms with Crippen molar-refractivity contribution in [3.05, 3.63) is 70.2 Å². The van der Waals surface area contributed by atoms with Gasteiger partial charge >= 0.3 is 0 Å². The van der Waals surface area contributed by atoms with E-state index >= 15 is 0 Å². The number of benzene rings is 2. The zero-order valence-electron chi connectivity index (χ0n) is 15.2. The van der Waals surface area contributed by atoms with Gasteiger partial charge in [-0.1, -0.05) is 12.1 Å². The van der Waals surface area contributed by atoms with Gasteiger partial charge in [0, 0.05) is 23.6 Å². The van der Waals surface area contributed by atoms with Gasteiger partial charge in [0.25, 0.3) is 0 Å². The Balaban J connectivity index is 1.30. The van der Waals surface area contributed by atoms with Gasteiger partial charge in [-0.25, -0.2) is 13.8 Å². The summed E-state index contributed by atoms with van der Waals surface area (Å²) in [4.78, 5) is 18.0. The molecule has 5 rings (SSSR count). The van der Waals surface area contributed by atoms with Crippen LogP contribution in [-0.4, -0.2) is 17.7 Å². The van der Waals surface area contributed by atoms with Crippen molar-refractivity contribution in [3.63, 3.8) is 0 Å². The van der Waals surface area contributed by atoms with Crippen LogP contribution in [0, 0.1) is 11.6 Å². The smallest absolute Gasteiger partial charge is 0.236 e. The predicted octanol–water partition coefficient (Wildman–Crippen LogP) is 4.41. The third kappa shape index (κ3) is 3.33. The summed E-state index contributed by atoms with van der Waals surface area (Å²) in [5.74, 6) is 0.0118. The highest BCUT2D eigenvalue weighted by molar-refractivity contribution is 7.15. The number of halogens is 2. The molecule has 1 N–H and O–H groups in total. The Hall–Kier alpha value is -3.00. The number of hydrogen-bond donors (Lipinski definition) is 1. The van der Waals surface area contributed by atoms with Gasteiger partial charge in [0.15, 0.2) is 16.6 Å². The topological polar surface area (TPSA) is 60.5 Å². The lowest BCUT2D eigenvalue weighted by Gasteiger charge is -2.15. The quantitative estimate of drug-likeness (QED) is 0.672. The monoisotopic (exact) mass is 414 g/mol. The fraction of sp³-hybridized carbons (Fsp3) is 0.238. The number of nitrogens with zero attached hydrogens (tertiary/aromatic N) is 1. The van der Waals surface area contributed by atoms with Gasteiger partial charge in [0.1, 0.15) is 11.6 Å². The van der Waals surface area contributed by atoms with Gasteiger partial charge in [-0.2, -0.15) is 0 Å². The third-order valence-electron chi connectivity index (χ3n) is 5.26. The third-order valence-corrected chi connectivity index (χ3v) is 6.18. The number of ether oxygens (including phenoxy) is 2. The van der Waals surface area contributed by atoms with Crippen molar-refractivity contribution in [3.8, 4) is 11.5 Å². The standard InChI is InChI=1S/C21H16F2N2O3S/c22-14-3-1-12(16(23)9-14)7-15-10-24-20(29-15)25-19(26)21(5-6-21)13-2-4-17-18(8-13)28-11-27-17/h1-4,8-10H,5-7,11H2,(H,24,25,26). The van der Waals surface area contributed by atoms with E-state index in [4.69, 9.17) is 9.47 Å². The van der Waals surface area contributed by atoms with E-state index in [1.54, 1.807) is 6.20 Å². The Morgan fingerprint density at radius 1 is 1.14 bits per heavy atom. The van der Waals surface area contributed by atoms with Gasteiger partial charge in [0.2, 0.25) is 12.7 Å². The Morgan fingerprint density at radius 2 is 1.97 bits per heavy atom. The highest BCUT2D eigenvalue weighted by atomic mass is 32.1. The van der Waals surface area contributed by atoms with Crippen molar-refractivity contribution in [1.82, 2.24) is 4.98 Å². The molecule has 1 aliphatic heterocycles. The molecule has 148 valence electrons. The molecule has 3 aromatic rings. The molecule has 2 heterocycles. The van der Waals surface area contributed by atoms with Crippen LogP contribution < -0.4 is 14.8 Å². The molecule has 0 radical (unpaired) electrons. The lowest BCUT2D eigenvalue weighted by molar-refractivity contribution is -0.118. The molecule has 1 amide bonds. The molecule has 2 aromatic carbocycles. The van der Waals surface area contributed by atoms with Crippen molar-refractivity contribution < 1.29 is 23.0 Å². The SMILES string of the molecule is O=C(Nc1ncc(Cc2ccc(F)cc2F)s1)C1(c2ccc3c(c2)OCO3)CC1. The lowest BCUT2D eigenvalue weighted by Crippen LogP contribution is -2.27. The molecule has 1 saturated carbocycles. The van der Waals surface area contributed by atoms with Gasteiger partial charge in [-0.15, -0.1) is 11.3 Å². The second-order valence-electron chi connectivity index (χ2n) is 7.15. The molecule has 1 aromatic heterocycles. The lowest BCUT2D eigenvalue weighted by atomic mass is 9.94. The maximum Gasteiger partial charge on any atom is 0.236 e. The van der Waals surface area contributed by atoms with E-state index < -0.39 is 17.0 Å². The molecule has 0 spiro atoms. The predicted molar refractivity (Wildman–Crippen MR) is 103 cm³/mol. The van der Waals surface area contributed by atoms with Crippen molar-refractivity contribution in [2.75, 3.05) is 12.1 Å². The molecule has 1 fully saturated rings. The van der Waals surface area contributed by atoms with Crippen LogP contribution >= 0.6 is 11.3 Å². The van der Waals surface area contributed by atoms with Crippen LogP contribution in [0.1, 0.15) is 28.8 Å². The van der Waals surface area contributed by atoms with Crippen molar-refractivity contribution in [2.45, 2.75) is 24.7 Å². The van der Waals surface area contributed by atoms with Crippen molar-refractivity contribution in [2.24, 2.45) is 0 Å². The minimum absolute atomic E-state index is 0.120. The summed E-state index contributed by atoms with van der Waals surface area (Å²) < 4.78 is 37.7. The number of hydrogen-bond acceptors (Lipinski definition) is 5. The van der Waals surface area contributed by atoms with E-state index in [-0.39, 0.29) is 19.1 Å². The number of carbonyl (C=O) groups is 1. The largest absolute Gasteiger partial charge is 0.454 e. The highest BCUT2D eigenvalue weighted by Gasteiger charge is 2.52. The van der Waals surface area contributed by atoms with Gasteiger partial charge in [-0.3, -0.25) is 4.79 Å². The molecular weight excluding hydrogens is 398 g/mol. The van der Waals surface area contributed by atoms with E-state index in [1.165, 1.54) is 23.5 Å². The molecule has 0 atom stereocenters. The molecular formula is C21H16F2N2O3S. The van der Waals surface area contributed by atoms with Gasteiger partial charge in [0.05, 0.1) is 5.41 Å². The van der Waals surface area contributed by atoms with E-state index in [0.717, 1.165) is 29.3 Å². The average Bonchev–Trinajstić information content (AvgIpc) is 3.18. The number of carbonyl (C=O) groups excluding carboxylic acids is 1. The molecule has 2 aliphatic rings. The molecule has 0 unspecified atom stereocenters. The summed E-state index contributed by atoms with van der Waals surface area (Å²) in [6.45, 7) is 0.189. The summed E-state index contributed by atoms with van der Waals surface area (Å²) in [5.41, 5.74) is 0.687. The first-order valence-electron chi connectivity index (χ1n) is 9.14. The maximum absolute atomic E-state index is 13.9. The number of anilines is 1. The van der Waals surface area contributed by atoms with E-state index in [2.05, 4.69) is 10.3 Å². The number of rotatable bonds is 5. The fourth-order valence-corrected chi connectivity index (χ4v) is 4.31. The summed E-state index contributed by atoms with van der Waals surface area (Å²) in [6, 6.07) is 9.08. The Morgan fingerprint density at radius 3 is 2.76 bits per heavy atom. The zero-order valence-corrected chi connectivity index (χ0v) is 16.0. The molecule has 29 heavy (non-hydrogen) atoms. The van der Waals surface area contributed by atoms with Crippen molar-refractivity contribution in [1.29, 1.82) is 0 Å². The normalized spacial score (nSPS) is 15.9. The Labute approximate surface area is 169 Å². The Bertz CT molecular complexity index is 1110. The zero-order chi connectivity index (χ0) is 20.0. The first-order valence-corrected chi connectivity index (χ1v) is 9.95. The number of fused-ring (bicyclic) bond motifs is 1. The molecule has 5 nitrogen and oxygen atoms in total. The molecule has 1 aliphatic carbocycles. The van der Waals surface area contributed by atoms with Crippen LogP contribution in [0.5, 0.6) is 11.5 Å².